The summed E-state index contributed by atoms with van der Waals surface area (Å²) in [6.07, 6.45) is 65.7. The maximum absolute atomic E-state index is 13.2. The molecule has 0 aromatic heterocycles. The minimum atomic E-state index is -1.61. The molecule has 1 fully saturated rings. The van der Waals surface area contributed by atoms with E-state index in [9.17, 15) is 35.4 Å². The molecule has 0 aromatic carbocycles. The van der Waals surface area contributed by atoms with Gasteiger partial charge in [0.2, 0.25) is 5.91 Å². The minimum absolute atomic E-state index is 0.303. The summed E-state index contributed by atoms with van der Waals surface area (Å²) in [5, 5.41) is 65.2. The molecule has 0 spiro atoms. The SMILES string of the molecule is CCCCCCCCCCCCCCC/C=C\C/C=C\CCCCCCCCCCCCCCCCCCC(O)C(=O)NC(COC1OC(CO)C(O)C(O)C1O)C(O)/C=C/CCCCCCCCCCCCCCCCC. The standard InChI is InChI=1S/C68H129NO9/c1-3-5-7-9-11-13-15-17-19-21-22-23-24-25-26-27-28-29-30-31-32-33-34-35-36-37-38-39-41-43-45-47-49-51-53-55-57-62(72)67(76)69-60(59-77-68-66(75)65(74)64(73)63(58-70)78-68)61(71)56-54-52-50-48-46-44-42-40-20-18-16-14-12-10-8-6-4-2/h26-27,29-30,54,56,60-66,68,70-75H,3-25,28,31-53,55,57-59H2,1-2H3,(H,69,76)/b27-26-,30-29-,56-54+. The van der Waals surface area contributed by atoms with Crippen LogP contribution in [-0.2, 0) is 14.3 Å². The summed E-state index contributed by atoms with van der Waals surface area (Å²) in [7, 11) is 0. The molecule has 460 valence electrons. The zero-order valence-corrected chi connectivity index (χ0v) is 51.1. The number of unbranched alkanes of at least 4 members (excludes halogenated alkanes) is 44. The first kappa shape index (κ1) is 74.4. The Morgan fingerprint density at radius 2 is 0.782 bits per heavy atom. The van der Waals surface area contributed by atoms with Crippen molar-refractivity contribution in [3.63, 3.8) is 0 Å². The highest BCUT2D eigenvalue weighted by atomic mass is 16.7. The number of amides is 1. The van der Waals surface area contributed by atoms with E-state index < -0.39 is 61.5 Å². The van der Waals surface area contributed by atoms with Crippen molar-refractivity contribution >= 4 is 5.91 Å². The van der Waals surface area contributed by atoms with Gasteiger partial charge in [-0.15, -0.1) is 0 Å². The third kappa shape index (κ3) is 45.0. The van der Waals surface area contributed by atoms with E-state index in [-0.39, 0.29) is 6.61 Å². The molecular weight excluding hydrogens is 975 g/mol. The third-order valence-corrected chi connectivity index (χ3v) is 16.3. The van der Waals surface area contributed by atoms with Gasteiger partial charge in [-0.05, 0) is 51.4 Å². The normalized spacial score (nSPS) is 19.2. The van der Waals surface area contributed by atoms with Gasteiger partial charge in [-0.3, -0.25) is 4.79 Å². The lowest BCUT2D eigenvalue weighted by Gasteiger charge is -2.40. The average Bonchev–Trinajstić information content (AvgIpc) is 3.45. The Labute approximate surface area is 481 Å². The van der Waals surface area contributed by atoms with Crippen molar-refractivity contribution in [1.82, 2.24) is 5.32 Å². The van der Waals surface area contributed by atoms with Crippen LogP contribution in [0, 0.1) is 0 Å². The summed E-state index contributed by atoms with van der Waals surface area (Å²) in [6.45, 7) is 3.66. The lowest BCUT2D eigenvalue weighted by atomic mass is 9.99. The van der Waals surface area contributed by atoms with Crippen molar-refractivity contribution in [3.05, 3.63) is 36.5 Å². The Kier molecular flexibility index (Phi) is 54.5. The molecule has 1 aliphatic heterocycles. The molecule has 0 aliphatic carbocycles. The zero-order chi connectivity index (χ0) is 56.6. The largest absolute Gasteiger partial charge is 0.394 e. The Bertz CT molecular complexity index is 1340. The number of aliphatic hydroxyl groups excluding tert-OH is 6. The van der Waals surface area contributed by atoms with E-state index in [2.05, 4.69) is 43.5 Å². The molecule has 78 heavy (non-hydrogen) atoms. The van der Waals surface area contributed by atoms with Crippen LogP contribution in [0.1, 0.15) is 328 Å². The van der Waals surface area contributed by atoms with Gasteiger partial charge >= 0.3 is 0 Å². The van der Waals surface area contributed by atoms with Gasteiger partial charge < -0.3 is 45.4 Å². The van der Waals surface area contributed by atoms with Crippen LogP contribution in [0.5, 0.6) is 0 Å². The van der Waals surface area contributed by atoms with Crippen LogP contribution >= 0.6 is 0 Å². The van der Waals surface area contributed by atoms with Crippen LogP contribution in [0.25, 0.3) is 0 Å². The number of carbonyl (C=O) groups is 1. The van der Waals surface area contributed by atoms with Crippen LogP contribution in [0.2, 0.25) is 0 Å². The van der Waals surface area contributed by atoms with E-state index >= 15 is 0 Å². The van der Waals surface area contributed by atoms with Crippen molar-refractivity contribution in [3.8, 4) is 0 Å². The molecule has 0 radical (unpaired) electrons. The smallest absolute Gasteiger partial charge is 0.249 e. The van der Waals surface area contributed by atoms with E-state index in [1.54, 1.807) is 6.08 Å². The van der Waals surface area contributed by atoms with Gasteiger partial charge in [0.1, 0.15) is 30.5 Å². The van der Waals surface area contributed by atoms with Gasteiger partial charge in [0.15, 0.2) is 6.29 Å². The first-order chi connectivity index (χ1) is 38.3. The molecular formula is C68H129NO9. The molecule has 10 nitrogen and oxygen atoms in total. The number of hydrogen-bond donors (Lipinski definition) is 7. The first-order valence-electron chi connectivity index (χ1n) is 33.8. The van der Waals surface area contributed by atoms with Crippen molar-refractivity contribution in [1.29, 1.82) is 0 Å². The fraction of sp³-hybridized carbons (Fsp3) is 0.897. The van der Waals surface area contributed by atoms with Gasteiger partial charge in [-0.1, -0.05) is 314 Å². The fourth-order valence-corrected chi connectivity index (χ4v) is 10.9. The van der Waals surface area contributed by atoms with Crippen molar-refractivity contribution < 1.29 is 44.9 Å². The minimum Gasteiger partial charge on any atom is -0.394 e. The van der Waals surface area contributed by atoms with E-state index in [0.29, 0.717) is 6.42 Å². The Balaban J connectivity index is 2.12. The zero-order valence-electron chi connectivity index (χ0n) is 51.1. The molecule has 0 saturated carbocycles. The van der Waals surface area contributed by atoms with Gasteiger partial charge in [0, 0.05) is 0 Å². The van der Waals surface area contributed by atoms with Crippen LogP contribution < -0.4 is 5.32 Å². The van der Waals surface area contributed by atoms with E-state index in [4.69, 9.17) is 9.47 Å². The molecule has 1 saturated heterocycles. The summed E-state index contributed by atoms with van der Waals surface area (Å²) < 4.78 is 11.2. The lowest BCUT2D eigenvalue weighted by Crippen LogP contribution is -2.60. The Hall–Kier alpha value is -1.63. The molecule has 8 atom stereocenters. The van der Waals surface area contributed by atoms with Crippen LogP contribution in [-0.4, -0.2) is 98.7 Å². The van der Waals surface area contributed by atoms with Gasteiger partial charge in [0.25, 0.3) is 0 Å². The molecule has 7 N–H and O–H groups in total. The van der Waals surface area contributed by atoms with Crippen molar-refractivity contribution in [2.24, 2.45) is 0 Å². The van der Waals surface area contributed by atoms with Gasteiger partial charge in [-0.2, -0.15) is 0 Å². The topological polar surface area (TPSA) is 169 Å². The van der Waals surface area contributed by atoms with Gasteiger partial charge in [-0.25, -0.2) is 0 Å². The second-order valence-corrected chi connectivity index (χ2v) is 23.8. The van der Waals surface area contributed by atoms with Crippen LogP contribution in [0.15, 0.2) is 36.5 Å². The number of allylic oxidation sites excluding steroid dienone is 5. The number of carbonyl (C=O) groups excluding carboxylic acids is 1. The van der Waals surface area contributed by atoms with Crippen LogP contribution in [0.4, 0.5) is 0 Å². The maximum Gasteiger partial charge on any atom is 0.249 e. The predicted molar refractivity (Wildman–Crippen MR) is 329 cm³/mol. The highest BCUT2D eigenvalue weighted by Gasteiger charge is 2.44. The molecule has 0 aromatic rings. The fourth-order valence-electron chi connectivity index (χ4n) is 10.9. The number of rotatable bonds is 59. The second kappa shape index (κ2) is 57.2. The molecule has 1 rings (SSSR count). The highest BCUT2D eigenvalue weighted by Crippen LogP contribution is 2.23. The quantitative estimate of drug-likeness (QED) is 0.0232. The predicted octanol–water partition coefficient (Wildman–Crippen LogP) is 16.8. The monoisotopic (exact) mass is 1100 g/mol. The number of aliphatic hydroxyl groups is 6. The average molecular weight is 1100 g/mol. The molecule has 10 heteroatoms. The summed E-state index contributed by atoms with van der Waals surface area (Å²) >= 11 is 0. The van der Waals surface area contributed by atoms with E-state index in [1.165, 1.54) is 257 Å². The second-order valence-electron chi connectivity index (χ2n) is 23.8. The molecule has 1 aliphatic rings. The third-order valence-electron chi connectivity index (χ3n) is 16.3. The van der Waals surface area contributed by atoms with E-state index in [1.807, 2.05) is 6.08 Å². The maximum atomic E-state index is 13.2. The molecule has 0 bridgehead atoms. The molecule has 8 unspecified atom stereocenters. The summed E-state index contributed by atoms with van der Waals surface area (Å²) in [5.41, 5.74) is 0. The lowest BCUT2D eigenvalue weighted by molar-refractivity contribution is -0.302. The number of nitrogens with one attached hydrogen (secondary N) is 1. The Morgan fingerprint density at radius 1 is 0.449 bits per heavy atom. The summed E-state index contributed by atoms with van der Waals surface area (Å²) in [5.74, 6) is -0.612. The first-order valence-corrected chi connectivity index (χ1v) is 33.8. The summed E-state index contributed by atoms with van der Waals surface area (Å²) in [4.78, 5) is 13.2. The number of hydrogen-bond acceptors (Lipinski definition) is 9. The van der Waals surface area contributed by atoms with E-state index in [0.717, 1.165) is 51.4 Å². The van der Waals surface area contributed by atoms with Crippen molar-refractivity contribution in [2.45, 2.75) is 377 Å². The Morgan fingerprint density at radius 3 is 1.14 bits per heavy atom. The number of ether oxygens (including phenoxy) is 2. The molecule has 1 amide bonds. The van der Waals surface area contributed by atoms with Crippen LogP contribution in [0.3, 0.4) is 0 Å². The van der Waals surface area contributed by atoms with Gasteiger partial charge in [0.05, 0.1) is 25.4 Å². The highest BCUT2D eigenvalue weighted by molar-refractivity contribution is 5.80. The molecule has 1 heterocycles. The van der Waals surface area contributed by atoms with Crippen molar-refractivity contribution in [2.75, 3.05) is 13.2 Å². The summed E-state index contributed by atoms with van der Waals surface area (Å²) in [6, 6.07) is -0.980.